The molecule has 1 aliphatic carbocycles. The number of aromatic nitrogens is 1. The normalized spacial score (nSPS) is 24.5. The minimum atomic E-state index is -0.425. The average Bonchev–Trinajstić information content (AvgIpc) is 2.82. The number of piperazine rings is 1. The SMILES string of the molecule is O=C1CN(C[C@H]2C=CC=CC2CC2CCO2)CCN1c1cccc(OCc2ccc(Cl)cc2F)n1. The Hall–Kier alpha value is -2.74. The molecule has 0 spiro atoms. The summed E-state index contributed by atoms with van der Waals surface area (Å²) in [6, 6.07) is 9.76. The lowest BCUT2D eigenvalue weighted by Crippen LogP contribution is -2.52. The molecule has 184 valence electrons. The minimum Gasteiger partial charge on any atom is -0.473 e. The summed E-state index contributed by atoms with van der Waals surface area (Å²) in [6.07, 6.45) is 11.3. The zero-order valence-corrected chi connectivity index (χ0v) is 20.2. The first kappa shape index (κ1) is 24.0. The van der Waals surface area contributed by atoms with Gasteiger partial charge >= 0.3 is 0 Å². The molecule has 0 radical (unpaired) electrons. The van der Waals surface area contributed by atoms with Crippen molar-refractivity contribution in [3.63, 3.8) is 0 Å². The summed E-state index contributed by atoms with van der Waals surface area (Å²) in [5, 5.41) is 0.336. The van der Waals surface area contributed by atoms with Gasteiger partial charge in [-0.15, -0.1) is 0 Å². The van der Waals surface area contributed by atoms with Crippen molar-refractivity contribution in [2.75, 3.05) is 37.7 Å². The number of anilines is 1. The minimum absolute atomic E-state index is 0.0128. The Morgan fingerprint density at radius 2 is 1.97 bits per heavy atom. The molecule has 6 nitrogen and oxygen atoms in total. The summed E-state index contributed by atoms with van der Waals surface area (Å²) in [7, 11) is 0. The molecule has 2 aromatic rings. The zero-order chi connectivity index (χ0) is 24.2. The van der Waals surface area contributed by atoms with Crippen molar-refractivity contribution in [2.45, 2.75) is 25.6 Å². The highest BCUT2D eigenvalue weighted by Crippen LogP contribution is 2.30. The Bertz CT molecular complexity index is 1120. The summed E-state index contributed by atoms with van der Waals surface area (Å²) in [4.78, 5) is 21.4. The molecule has 1 amide bonds. The van der Waals surface area contributed by atoms with Crippen molar-refractivity contribution in [1.29, 1.82) is 0 Å². The highest BCUT2D eigenvalue weighted by molar-refractivity contribution is 6.30. The molecule has 3 atom stereocenters. The monoisotopic (exact) mass is 497 g/mol. The summed E-state index contributed by atoms with van der Waals surface area (Å²) in [5.74, 6) is 1.30. The number of rotatable bonds is 8. The van der Waals surface area contributed by atoms with Crippen LogP contribution in [0.3, 0.4) is 0 Å². The molecule has 2 saturated heterocycles. The molecule has 3 heterocycles. The van der Waals surface area contributed by atoms with Gasteiger partial charge in [0, 0.05) is 42.9 Å². The smallest absolute Gasteiger partial charge is 0.242 e. The van der Waals surface area contributed by atoms with Crippen LogP contribution in [0.15, 0.2) is 60.7 Å². The molecule has 0 saturated carbocycles. The lowest BCUT2D eigenvalue weighted by Gasteiger charge is -2.38. The van der Waals surface area contributed by atoms with E-state index in [0.717, 1.165) is 32.5 Å². The first-order chi connectivity index (χ1) is 17.0. The number of halogens is 2. The second-order valence-corrected chi connectivity index (χ2v) is 9.69. The molecule has 2 aliphatic heterocycles. The highest BCUT2D eigenvalue weighted by atomic mass is 35.5. The number of hydrogen-bond acceptors (Lipinski definition) is 5. The summed E-state index contributed by atoms with van der Waals surface area (Å²) >= 11 is 5.81. The van der Waals surface area contributed by atoms with Gasteiger partial charge in [-0.2, -0.15) is 4.98 Å². The molecule has 5 rings (SSSR count). The lowest BCUT2D eigenvalue weighted by atomic mass is 9.82. The summed E-state index contributed by atoms with van der Waals surface area (Å²) < 4.78 is 25.4. The van der Waals surface area contributed by atoms with Crippen LogP contribution in [0.25, 0.3) is 0 Å². The molecule has 8 heteroatoms. The van der Waals surface area contributed by atoms with E-state index in [2.05, 4.69) is 34.2 Å². The van der Waals surface area contributed by atoms with E-state index in [0.29, 0.717) is 53.3 Å². The van der Waals surface area contributed by atoms with Crippen LogP contribution in [0.1, 0.15) is 18.4 Å². The summed E-state index contributed by atoms with van der Waals surface area (Å²) in [5.41, 5.74) is 0.389. The number of carbonyl (C=O) groups excluding carboxylic acids is 1. The Labute approximate surface area is 210 Å². The number of amides is 1. The van der Waals surface area contributed by atoms with Crippen LogP contribution in [-0.4, -0.2) is 54.7 Å². The van der Waals surface area contributed by atoms with Gasteiger partial charge in [-0.25, -0.2) is 4.39 Å². The van der Waals surface area contributed by atoms with Gasteiger partial charge in [-0.1, -0.05) is 48.0 Å². The van der Waals surface area contributed by atoms with E-state index in [-0.39, 0.29) is 12.5 Å². The highest BCUT2D eigenvalue weighted by Gasteiger charge is 2.31. The topological polar surface area (TPSA) is 54.9 Å². The Balaban J connectivity index is 1.17. The molecule has 2 fully saturated rings. The fraction of sp³-hybridized carbons (Fsp3) is 0.407. The maximum Gasteiger partial charge on any atom is 0.242 e. The second-order valence-electron chi connectivity index (χ2n) is 9.25. The van der Waals surface area contributed by atoms with Gasteiger partial charge in [-0.3, -0.25) is 14.6 Å². The van der Waals surface area contributed by atoms with Gasteiger partial charge in [0.1, 0.15) is 18.2 Å². The van der Waals surface area contributed by atoms with Crippen LogP contribution in [0.2, 0.25) is 5.02 Å². The number of carbonyl (C=O) groups is 1. The van der Waals surface area contributed by atoms with Crippen LogP contribution in [0.4, 0.5) is 10.2 Å². The number of hydrogen-bond donors (Lipinski definition) is 0. The van der Waals surface area contributed by atoms with Crippen LogP contribution < -0.4 is 9.64 Å². The molecule has 35 heavy (non-hydrogen) atoms. The third-order valence-electron chi connectivity index (χ3n) is 6.85. The van der Waals surface area contributed by atoms with Gasteiger partial charge in [0.15, 0.2) is 0 Å². The van der Waals surface area contributed by atoms with E-state index < -0.39 is 5.82 Å². The van der Waals surface area contributed by atoms with Crippen LogP contribution in [0.5, 0.6) is 5.88 Å². The van der Waals surface area contributed by atoms with Crippen LogP contribution >= 0.6 is 11.6 Å². The first-order valence-corrected chi connectivity index (χ1v) is 12.5. The van der Waals surface area contributed by atoms with E-state index in [1.165, 1.54) is 6.07 Å². The Kier molecular flexibility index (Phi) is 7.46. The average molecular weight is 498 g/mol. The molecular weight excluding hydrogens is 469 g/mol. The third kappa shape index (κ3) is 5.92. The van der Waals surface area contributed by atoms with E-state index in [9.17, 15) is 9.18 Å². The van der Waals surface area contributed by atoms with Crippen molar-refractivity contribution in [3.05, 3.63) is 77.1 Å². The predicted octanol–water partition coefficient (Wildman–Crippen LogP) is 4.64. The second kappa shape index (κ2) is 10.9. The quantitative estimate of drug-likeness (QED) is 0.532. The summed E-state index contributed by atoms with van der Waals surface area (Å²) in [6.45, 7) is 3.43. The van der Waals surface area contributed by atoms with Gasteiger partial charge in [-0.05, 0) is 42.9 Å². The van der Waals surface area contributed by atoms with Gasteiger partial charge < -0.3 is 9.47 Å². The van der Waals surface area contributed by atoms with Gasteiger partial charge in [0.05, 0.1) is 12.6 Å². The van der Waals surface area contributed by atoms with E-state index in [1.807, 2.05) is 0 Å². The van der Waals surface area contributed by atoms with Crippen molar-refractivity contribution >= 4 is 23.3 Å². The van der Waals surface area contributed by atoms with E-state index >= 15 is 0 Å². The fourth-order valence-corrected chi connectivity index (χ4v) is 4.92. The largest absolute Gasteiger partial charge is 0.473 e. The standard InChI is InChI=1S/C27H29ClFN3O3/c28-22-9-8-21(24(29)15-22)18-35-26-7-3-6-25(30-26)32-12-11-31(17-27(32)33)16-20-5-2-1-4-19(20)14-23-10-13-34-23/h1-9,15,19-20,23H,10-14,16-18H2/t19?,20-,23?/m1/s1. The fourth-order valence-electron chi connectivity index (χ4n) is 4.77. The Morgan fingerprint density at radius 3 is 2.71 bits per heavy atom. The predicted molar refractivity (Wildman–Crippen MR) is 133 cm³/mol. The van der Waals surface area contributed by atoms with Crippen molar-refractivity contribution < 1.29 is 18.7 Å². The maximum atomic E-state index is 14.0. The van der Waals surface area contributed by atoms with Gasteiger partial charge in [0.25, 0.3) is 0 Å². The molecule has 0 N–H and O–H groups in total. The number of ether oxygens (including phenoxy) is 2. The number of allylic oxidation sites excluding steroid dienone is 3. The maximum absolute atomic E-state index is 14.0. The van der Waals surface area contributed by atoms with Crippen molar-refractivity contribution in [1.82, 2.24) is 9.88 Å². The number of benzene rings is 1. The van der Waals surface area contributed by atoms with Crippen molar-refractivity contribution in [2.24, 2.45) is 11.8 Å². The molecule has 1 aromatic heterocycles. The Morgan fingerprint density at radius 1 is 1.14 bits per heavy atom. The van der Waals surface area contributed by atoms with Gasteiger partial charge in [0.2, 0.25) is 11.8 Å². The van der Waals surface area contributed by atoms with Crippen LogP contribution in [0, 0.1) is 17.7 Å². The first-order valence-electron chi connectivity index (χ1n) is 12.1. The molecular formula is C27H29ClFN3O3. The van der Waals surface area contributed by atoms with E-state index in [4.69, 9.17) is 21.1 Å². The molecule has 0 bridgehead atoms. The zero-order valence-electron chi connectivity index (χ0n) is 19.5. The number of nitrogens with zero attached hydrogens (tertiary/aromatic N) is 3. The number of pyridine rings is 1. The lowest BCUT2D eigenvalue weighted by molar-refractivity contribution is -0.121. The van der Waals surface area contributed by atoms with Crippen molar-refractivity contribution in [3.8, 4) is 5.88 Å². The van der Waals surface area contributed by atoms with Crippen LogP contribution in [-0.2, 0) is 16.1 Å². The third-order valence-corrected chi connectivity index (χ3v) is 7.09. The molecule has 3 aliphatic rings. The molecule has 1 aromatic carbocycles. The van der Waals surface area contributed by atoms with E-state index in [1.54, 1.807) is 35.2 Å². The molecule has 2 unspecified atom stereocenters.